The first-order valence-corrected chi connectivity index (χ1v) is 7.75. The van der Waals surface area contributed by atoms with Gasteiger partial charge in [0.2, 0.25) is 0 Å². The predicted molar refractivity (Wildman–Crippen MR) is 86.7 cm³/mol. The highest BCUT2D eigenvalue weighted by atomic mass is 19.1. The Hall–Kier alpha value is -2.70. The molecule has 0 bridgehead atoms. The van der Waals surface area contributed by atoms with Gasteiger partial charge in [0.1, 0.15) is 5.82 Å². The van der Waals surface area contributed by atoms with E-state index in [1.807, 2.05) is 6.92 Å². The van der Waals surface area contributed by atoms with Gasteiger partial charge in [0.25, 0.3) is 5.91 Å². The quantitative estimate of drug-likeness (QED) is 0.815. The Labute approximate surface area is 139 Å². The van der Waals surface area contributed by atoms with Crippen molar-refractivity contribution in [1.29, 1.82) is 0 Å². The zero-order valence-corrected chi connectivity index (χ0v) is 13.6. The summed E-state index contributed by atoms with van der Waals surface area (Å²) in [7, 11) is 0. The van der Waals surface area contributed by atoms with Crippen LogP contribution in [0, 0.1) is 11.7 Å². The van der Waals surface area contributed by atoms with Crippen LogP contribution in [0.4, 0.5) is 4.39 Å². The number of nitrogens with zero attached hydrogens (tertiary/aromatic N) is 2. The number of carbonyl (C=O) groups excluding carboxylic acids is 1. The van der Waals surface area contributed by atoms with E-state index in [4.69, 9.17) is 5.11 Å². The minimum atomic E-state index is -0.893. The van der Waals surface area contributed by atoms with Gasteiger partial charge in [0.05, 0.1) is 23.1 Å². The zero-order chi connectivity index (χ0) is 17.7. The van der Waals surface area contributed by atoms with Crippen molar-refractivity contribution in [1.82, 2.24) is 15.1 Å². The van der Waals surface area contributed by atoms with Crippen LogP contribution < -0.4 is 5.32 Å². The number of amides is 1. The summed E-state index contributed by atoms with van der Waals surface area (Å²) in [6.45, 7) is 3.94. The standard InChI is InChI=1S/C17H20FN3O3/c1-3-15-14(17(24)19-9-11(2)8-16(22)23)10-20-21(15)13-6-4-12(18)5-7-13/h4-7,10-11H,3,8-9H2,1-2H3,(H,19,24)(H,22,23). The number of carbonyl (C=O) groups is 2. The number of carboxylic acids is 1. The molecule has 6 nitrogen and oxygen atoms in total. The maximum Gasteiger partial charge on any atom is 0.303 e. The molecule has 2 aromatic rings. The maximum atomic E-state index is 13.0. The summed E-state index contributed by atoms with van der Waals surface area (Å²) in [6, 6.07) is 5.86. The van der Waals surface area contributed by atoms with Gasteiger partial charge in [-0.15, -0.1) is 0 Å². The zero-order valence-electron chi connectivity index (χ0n) is 13.6. The van der Waals surface area contributed by atoms with Crippen molar-refractivity contribution >= 4 is 11.9 Å². The van der Waals surface area contributed by atoms with Crippen LogP contribution in [0.15, 0.2) is 30.5 Å². The second kappa shape index (κ2) is 7.72. The Balaban J connectivity index is 2.15. The van der Waals surface area contributed by atoms with E-state index in [0.29, 0.717) is 23.4 Å². The minimum absolute atomic E-state index is 0.00421. The number of halogens is 1. The smallest absolute Gasteiger partial charge is 0.303 e. The highest BCUT2D eigenvalue weighted by molar-refractivity contribution is 5.95. The Bertz CT molecular complexity index is 725. The molecule has 1 aromatic carbocycles. The average Bonchev–Trinajstić information content (AvgIpc) is 2.96. The Morgan fingerprint density at radius 2 is 2.00 bits per heavy atom. The summed E-state index contributed by atoms with van der Waals surface area (Å²) < 4.78 is 14.7. The Morgan fingerprint density at radius 3 is 2.58 bits per heavy atom. The molecule has 1 amide bonds. The summed E-state index contributed by atoms with van der Waals surface area (Å²) in [4.78, 5) is 23.0. The number of nitrogens with one attached hydrogen (secondary N) is 1. The van der Waals surface area contributed by atoms with Crippen molar-refractivity contribution < 1.29 is 19.1 Å². The second-order valence-corrected chi connectivity index (χ2v) is 5.66. The largest absolute Gasteiger partial charge is 0.481 e. The molecule has 2 rings (SSSR count). The van der Waals surface area contributed by atoms with Crippen LogP contribution in [0.1, 0.15) is 36.3 Å². The number of aromatic nitrogens is 2. The minimum Gasteiger partial charge on any atom is -0.481 e. The fraction of sp³-hybridized carbons (Fsp3) is 0.353. The fourth-order valence-corrected chi connectivity index (χ4v) is 2.44. The summed E-state index contributed by atoms with van der Waals surface area (Å²) >= 11 is 0. The van der Waals surface area contributed by atoms with Crippen LogP contribution in [0.2, 0.25) is 0 Å². The lowest BCUT2D eigenvalue weighted by Gasteiger charge is -2.11. The topological polar surface area (TPSA) is 84.2 Å². The molecule has 0 saturated carbocycles. The van der Waals surface area contributed by atoms with Crippen LogP contribution in [0.25, 0.3) is 5.69 Å². The molecule has 0 aliphatic carbocycles. The lowest BCUT2D eigenvalue weighted by atomic mass is 10.1. The number of rotatable bonds is 7. The predicted octanol–water partition coefficient (Wildman–Crippen LogP) is 2.41. The van der Waals surface area contributed by atoms with Gasteiger partial charge in [-0.3, -0.25) is 9.59 Å². The van der Waals surface area contributed by atoms with Gasteiger partial charge in [0.15, 0.2) is 0 Å². The maximum absolute atomic E-state index is 13.0. The van der Waals surface area contributed by atoms with Gasteiger partial charge in [0, 0.05) is 13.0 Å². The van der Waals surface area contributed by atoms with E-state index < -0.39 is 5.97 Å². The lowest BCUT2D eigenvalue weighted by Crippen LogP contribution is -2.29. The lowest BCUT2D eigenvalue weighted by molar-refractivity contribution is -0.137. The SMILES string of the molecule is CCc1c(C(=O)NCC(C)CC(=O)O)cnn1-c1ccc(F)cc1. The van der Waals surface area contributed by atoms with Gasteiger partial charge in [-0.2, -0.15) is 5.10 Å². The van der Waals surface area contributed by atoms with Gasteiger partial charge in [-0.05, 0) is 36.6 Å². The molecule has 0 fully saturated rings. The van der Waals surface area contributed by atoms with E-state index >= 15 is 0 Å². The third-order valence-corrected chi connectivity index (χ3v) is 3.65. The number of benzene rings is 1. The molecule has 1 atom stereocenters. The third kappa shape index (κ3) is 4.18. The van der Waals surface area contributed by atoms with Gasteiger partial charge in [-0.1, -0.05) is 13.8 Å². The highest BCUT2D eigenvalue weighted by Gasteiger charge is 2.18. The van der Waals surface area contributed by atoms with Crippen molar-refractivity contribution in [2.45, 2.75) is 26.7 Å². The summed E-state index contributed by atoms with van der Waals surface area (Å²) in [5.74, 6) is -1.69. The van der Waals surface area contributed by atoms with Crippen molar-refractivity contribution in [3.05, 3.63) is 47.5 Å². The van der Waals surface area contributed by atoms with Crippen LogP contribution >= 0.6 is 0 Å². The van der Waals surface area contributed by atoms with Crippen LogP contribution in [0.5, 0.6) is 0 Å². The van der Waals surface area contributed by atoms with Crippen LogP contribution in [-0.4, -0.2) is 33.3 Å². The first-order chi connectivity index (χ1) is 11.4. The molecular weight excluding hydrogens is 313 g/mol. The van der Waals surface area contributed by atoms with E-state index in [0.717, 1.165) is 0 Å². The molecule has 1 unspecified atom stereocenters. The molecule has 0 radical (unpaired) electrons. The fourth-order valence-electron chi connectivity index (χ4n) is 2.44. The van der Waals surface area contributed by atoms with Gasteiger partial charge < -0.3 is 10.4 Å². The van der Waals surface area contributed by atoms with Crippen molar-refractivity contribution in [2.75, 3.05) is 6.54 Å². The molecule has 0 saturated heterocycles. The molecule has 1 heterocycles. The van der Waals surface area contributed by atoms with E-state index in [2.05, 4.69) is 10.4 Å². The highest BCUT2D eigenvalue weighted by Crippen LogP contribution is 2.16. The molecule has 0 aliphatic heterocycles. The van der Waals surface area contributed by atoms with Crippen molar-refractivity contribution in [3.8, 4) is 5.69 Å². The van der Waals surface area contributed by atoms with E-state index in [1.54, 1.807) is 23.7 Å². The average molecular weight is 333 g/mol. The van der Waals surface area contributed by atoms with E-state index in [1.165, 1.54) is 18.3 Å². The first kappa shape index (κ1) is 17.7. The molecule has 0 aliphatic rings. The van der Waals surface area contributed by atoms with E-state index in [-0.39, 0.29) is 30.6 Å². The summed E-state index contributed by atoms with van der Waals surface area (Å²) in [5.41, 5.74) is 1.82. The van der Waals surface area contributed by atoms with E-state index in [9.17, 15) is 14.0 Å². The summed E-state index contributed by atoms with van der Waals surface area (Å²) in [5, 5.41) is 15.7. The molecule has 7 heteroatoms. The molecule has 2 N–H and O–H groups in total. The molecule has 1 aromatic heterocycles. The molecule has 24 heavy (non-hydrogen) atoms. The number of hydrogen-bond acceptors (Lipinski definition) is 3. The first-order valence-electron chi connectivity index (χ1n) is 7.75. The van der Waals surface area contributed by atoms with Gasteiger partial charge in [-0.25, -0.2) is 9.07 Å². The molecule has 0 spiro atoms. The van der Waals surface area contributed by atoms with Crippen LogP contribution in [-0.2, 0) is 11.2 Å². The van der Waals surface area contributed by atoms with Crippen molar-refractivity contribution in [3.63, 3.8) is 0 Å². The Morgan fingerprint density at radius 1 is 1.33 bits per heavy atom. The normalized spacial score (nSPS) is 12.0. The van der Waals surface area contributed by atoms with Crippen LogP contribution in [0.3, 0.4) is 0 Å². The van der Waals surface area contributed by atoms with Gasteiger partial charge >= 0.3 is 5.97 Å². The number of carboxylic acid groups (broad SMARTS) is 1. The summed E-state index contributed by atoms with van der Waals surface area (Å²) in [6.07, 6.45) is 2.04. The number of aliphatic carboxylic acids is 1. The number of hydrogen-bond donors (Lipinski definition) is 2. The molecule has 128 valence electrons. The second-order valence-electron chi connectivity index (χ2n) is 5.66. The third-order valence-electron chi connectivity index (χ3n) is 3.65. The monoisotopic (exact) mass is 333 g/mol. The Kier molecular flexibility index (Phi) is 5.68. The van der Waals surface area contributed by atoms with Crippen molar-refractivity contribution in [2.24, 2.45) is 5.92 Å². The molecular formula is C17H20FN3O3.